The van der Waals surface area contributed by atoms with Crippen molar-refractivity contribution >= 4 is 40.2 Å². The van der Waals surface area contributed by atoms with E-state index < -0.39 is 0 Å². The number of pyridine rings is 1. The van der Waals surface area contributed by atoms with Crippen molar-refractivity contribution in [3.8, 4) is 11.3 Å². The third-order valence-electron chi connectivity index (χ3n) is 10.2. The molecule has 48 heavy (non-hydrogen) atoms. The fourth-order valence-electron chi connectivity index (χ4n) is 7.37. The van der Waals surface area contributed by atoms with Gasteiger partial charge in [-0.25, -0.2) is 9.97 Å². The normalized spacial score (nSPS) is 20.0. The fraction of sp³-hybridized carbons (Fsp3) is 0.432. The zero-order valence-corrected chi connectivity index (χ0v) is 32.7. The number of halogens is 1. The number of nitrogens with one attached hydrogen (secondary N) is 1. The molecule has 1 aromatic carbocycles. The summed E-state index contributed by atoms with van der Waals surface area (Å²) in [6.07, 6.45) is 18.8. The molecule has 1 N–H and O–H groups in total. The quantitative estimate of drug-likeness (QED) is 0.129. The van der Waals surface area contributed by atoms with Crippen molar-refractivity contribution in [3.05, 3.63) is 84.2 Å². The molecular formula is C37H42ClN9U. The van der Waals surface area contributed by atoms with Gasteiger partial charge in [0.05, 0.1) is 11.4 Å². The first kappa shape index (κ1) is 34.9. The van der Waals surface area contributed by atoms with Crippen LogP contribution in [-0.2, 0) is 0 Å². The van der Waals surface area contributed by atoms with Crippen LogP contribution in [0.3, 0.4) is 0 Å². The standard InChI is InChI=1S/C29H28ClN8.C8H14N.U/c1-18-32-12-10-20(36-18)8-9-27(31)38-13-11-21(16-38)37(2)29-23-15-33-25(14-26(23)34-17-35-29)22-4-3-5-24(30)28(22)19-6-7-19;1-8-4-2-6-9(8)7-3-5-8;/h3-5,8-10,12,14-15,19,21,31H,6-7,11,13,16H2,1-2H3;1-7H2;/q2*-1;+2/b9-8+,31-27?;;/t21-;;/m1../s1. The van der Waals surface area contributed by atoms with Crippen molar-refractivity contribution in [1.82, 2.24) is 34.7 Å². The molecule has 246 valence electrons. The topological polar surface area (TPSA) is 98.0 Å². The molecule has 11 heteroatoms. The zero-order chi connectivity index (χ0) is 32.5. The minimum Gasteiger partial charge on any atom is -0.407 e. The molecule has 6 heterocycles. The molecule has 0 bridgehead atoms. The second-order valence-corrected chi connectivity index (χ2v) is 13.8. The minimum atomic E-state index is 0. The van der Waals surface area contributed by atoms with Gasteiger partial charge in [-0.05, 0) is 100 Å². The van der Waals surface area contributed by atoms with Crippen molar-refractivity contribution in [1.29, 1.82) is 5.41 Å². The molecule has 1 atom stereocenters. The van der Waals surface area contributed by atoms with Crippen LogP contribution in [0.5, 0.6) is 0 Å². The number of amidine groups is 1. The summed E-state index contributed by atoms with van der Waals surface area (Å²) >= 11 is 6.57. The number of likely N-dealkylation sites (tertiary alicyclic amines) is 1. The number of hydrogen-bond acceptors (Lipinski definition) is 8. The van der Waals surface area contributed by atoms with Crippen LogP contribution in [-0.4, -0.2) is 85.4 Å². The van der Waals surface area contributed by atoms with Crippen molar-refractivity contribution in [3.63, 3.8) is 0 Å². The van der Waals surface area contributed by atoms with Gasteiger partial charge in [-0.15, -0.1) is 5.54 Å². The van der Waals surface area contributed by atoms with Crippen molar-refractivity contribution in [2.75, 3.05) is 38.1 Å². The van der Waals surface area contributed by atoms with Gasteiger partial charge in [0.15, 0.2) is 0 Å². The number of aromatic nitrogens is 5. The van der Waals surface area contributed by atoms with E-state index in [2.05, 4.69) is 54.0 Å². The van der Waals surface area contributed by atoms with E-state index in [-0.39, 0.29) is 37.2 Å². The van der Waals surface area contributed by atoms with E-state index in [4.69, 9.17) is 22.0 Å². The number of fused-ring (bicyclic) bond motifs is 2. The Morgan fingerprint density at radius 1 is 1.10 bits per heavy atom. The first-order chi connectivity index (χ1) is 22.8. The van der Waals surface area contributed by atoms with Crippen molar-refractivity contribution in [2.45, 2.75) is 69.4 Å². The summed E-state index contributed by atoms with van der Waals surface area (Å²) in [6, 6.07) is 10.1. The van der Waals surface area contributed by atoms with Gasteiger partial charge in [-0.1, -0.05) is 48.0 Å². The Bertz CT molecular complexity index is 1800. The Kier molecular flexibility index (Phi) is 10.9. The minimum absolute atomic E-state index is 0. The second-order valence-electron chi connectivity index (χ2n) is 13.4. The van der Waals surface area contributed by atoms with E-state index in [1.54, 1.807) is 12.3 Å². The van der Waals surface area contributed by atoms with Gasteiger partial charge in [-0.2, -0.15) is 0 Å². The molecule has 1 aliphatic carbocycles. The number of aryl methyl sites for hydroxylation is 1. The van der Waals surface area contributed by atoms with E-state index in [0.29, 0.717) is 23.1 Å². The monoisotopic (exact) mass is 885 g/mol. The Hall–Kier alpha value is -2.90. The molecule has 3 aliphatic heterocycles. The predicted molar refractivity (Wildman–Crippen MR) is 189 cm³/mol. The predicted octanol–water partition coefficient (Wildman–Crippen LogP) is 6.77. The fourth-order valence-corrected chi connectivity index (χ4v) is 7.70. The Morgan fingerprint density at radius 3 is 2.62 bits per heavy atom. The van der Waals surface area contributed by atoms with Gasteiger partial charge in [0, 0.05) is 54.3 Å². The maximum absolute atomic E-state index is 8.55. The third kappa shape index (κ3) is 7.47. The van der Waals surface area contributed by atoms with Gasteiger partial charge >= 0.3 is 31.1 Å². The SMILES string of the molecule is Cc1nccc(/C=C/C(=N)N2CC[C@@H](N(C)c3n[c-]nc4cc(-c5cccc(Cl)c5C5CC5)ncc34)C2)n1.[CH2-]C12CCCN1CCC2.[U+2]. The number of hydrogen-bond donors (Lipinski definition) is 1. The molecule has 0 amide bonds. The van der Waals surface area contributed by atoms with E-state index in [1.807, 2.05) is 50.5 Å². The molecule has 0 unspecified atom stereocenters. The number of rotatable bonds is 6. The van der Waals surface area contributed by atoms with E-state index in [0.717, 1.165) is 58.2 Å². The van der Waals surface area contributed by atoms with Crippen LogP contribution in [0.25, 0.3) is 28.2 Å². The molecule has 4 fully saturated rings. The summed E-state index contributed by atoms with van der Waals surface area (Å²) < 4.78 is 0. The number of anilines is 1. The first-order valence-corrected chi connectivity index (χ1v) is 17.1. The molecule has 3 saturated heterocycles. The number of benzene rings is 1. The van der Waals surface area contributed by atoms with E-state index >= 15 is 0 Å². The van der Waals surface area contributed by atoms with Gasteiger partial charge in [0.25, 0.3) is 0 Å². The van der Waals surface area contributed by atoms with Crippen LogP contribution in [0.15, 0.2) is 48.8 Å². The summed E-state index contributed by atoms with van der Waals surface area (Å²) in [6.45, 7) is 10.3. The molecule has 9 nitrogen and oxygen atoms in total. The van der Waals surface area contributed by atoms with Crippen LogP contribution < -0.4 is 4.90 Å². The Morgan fingerprint density at radius 2 is 1.90 bits per heavy atom. The maximum Gasteiger partial charge on any atom is 2.00 e. The molecule has 4 aromatic rings. The molecule has 3 aromatic heterocycles. The molecule has 0 radical (unpaired) electrons. The Balaban J connectivity index is 0.000000345. The second kappa shape index (κ2) is 14.9. The number of likely N-dealkylation sites (N-methyl/N-ethyl adjacent to an activating group) is 1. The van der Waals surface area contributed by atoms with Gasteiger partial charge < -0.3 is 31.6 Å². The summed E-state index contributed by atoms with van der Waals surface area (Å²) in [5.41, 5.74) is 5.12. The van der Waals surface area contributed by atoms with Crippen molar-refractivity contribution < 1.29 is 31.1 Å². The average molecular weight is 886 g/mol. The van der Waals surface area contributed by atoms with Crippen LogP contribution >= 0.6 is 11.6 Å². The van der Waals surface area contributed by atoms with E-state index in [9.17, 15) is 0 Å². The maximum atomic E-state index is 8.55. The first-order valence-electron chi connectivity index (χ1n) is 16.8. The molecule has 0 spiro atoms. The molecular weight excluding hydrogens is 844 g/mol. The zero-order valence-electron chi connectivity index (χ0n) is 27.8. The van der Waals surface area contributed by atoms with Crippen LogP contribution in [0.2, 0.25) is 5.02 Å². The summed E-state index contributed by atoms with van der Waals surface area (Å²) in [7, 11) is 2.04. The summed E-state index contributed by atoms with van der Waals surface area (Å²) in [4.78, 5) is 29.1. The average Bonchev–Trinajstić information content (AvgIpc) is 3.47. The molecule has 4 aliphatic rings. The largest absolute Gasteiger partial charge is 2.00 e. The number of nitrogens with zero attached hydrogens (tertiary/aromatic N) is 8. The van der Waals surface area contributed by atoms with Crippen molar-refractivity contribution in [2.24, 2.45) is 0 Å². The van der Waals surface area contributed by atoms with Crippen LogP contribution in [0, 0.1) is 56.7 Å². The van der Waals surface area contributed by atoms with Gasteiger partial charge in [0.1, 0.15) is 11.7 Å². The molecule has 1 saturated carbocycles. The van der Waals surface area contributed by atoms with Crippen LogP contribution in [0.4, 0.5) is 5.82 Å². The Labute approximate surface area is 312 Å². The van der Waals surface area contributed by atoms with Gasteiger partial charge in [-0.3, -0.25) is 10.4 Å². The summed E-state index contributed by atoms with van der Waals surface area (Å²) in [5, 5.41) is 10.2. The summed E-state index contributed by atoms with van der Waals surface area (Å²) in [5.74, 6) is 2.50. The third-order valence-corrected chi connectivity index (χ3v) is 10.5. The van der Waals surface area contributed by atoms with Crippen LogP contribution in [0.1, 0.15) is 67.9 Å². The van der Waals surface area contributed by atoms with E-state index in [1.165, 1.54) is 57.2 Å². The van der Waals surface area contributed by atoms with Gasteiger partial charge in [0.2, 0.25) is 0 Å². The smallest absolute Gasteiger partial charge is 0.407 e. The molecule has 8 rings (SSSR count).